The van der Waals surface area contributed by atoms with Crippen LogP contribution < -0.4 is 9.47 Å². The summed E-state index contributed by atoms with van der Waals surface area (Å²) < 4.78 is 16.7. The maximum atomic E-state index is 13.6. The molecule has 0 radical (unpaired) electrons. The van der Waals surface area contributed by atoms with E-state index in [-0.39, 0.29) is 18.9 Å². The highest BCUT2D eigenvalue weighted by Gasteiger charge is 2.43. The minimum atomic E-state index is -0.636. The van der Waals surface area contributed by atoms with Gasteiger partial charge in [0.15, 0.2) is 5.17 Å². The number of rotatable bonds is 9. The van der Waals surface area contributed by atoms with Crippen LogP contribution in [0.4, 0.5) is 0 Å². The number of thioether (sulfide) groups is 1. The van der Waals surface area contributed by atoms with Crippen molar-refractivity contribution < 1.29 is 23.8 Å². The lowest BCUT2D eigenvalue weighted by Crippen LogP contribution is -2.38. The normalized spacial score (nSPS) is 16.6. The Kier molecular flexibility index (Phi) is 8.23. The lowest BCUT2D eigenvalue weighted by molar-refractivity contribution is -0.139. The summed E-state index contributed by atoms with van der Waals surface area (Å²) in [6.45, 7) is 4.52. The first-order valence-electron chi connectivity index (χ1n) is 12.1. The van der Waals surface area contributed by atoms with Crippen LogP contribution in [0.3, 0.4) is 0 Å². The summed E-state index contributed by atoms with van der Waals surface area (Å²) in [4.78, 5) is 35.1. The van der Waals surface area contributed by atoms with Gasteiger partial charge in [0.2, 0.25) is 5.91 Å². The Morgan fingerprint density at radius 3 is 2.49 bits per heavy atom. The molecule has 0 N–H and O–H groups in total. The van der Waals surface area contributed by atoms with Gasteiger partial charge in [-0.05, 0) is 31.4 Å². The van der Waals surface area contributed by atoms with Crippen LogP contribution in [-0.4, -0.2) is 61.3 Å². The number of hydrogen-bond acceptors (Lipinski definition) is 8. The highest BCUT2D eigenvalue weighted by Crippen LogP contribution is 2.49. The van der Waals surface area contributed by atoms with E-state index in [0.29, 0.717) is 34.5 Å². The summed E-state index contributed by atoms with van der Waals surface area (Å²) in [6.07, 6.45) is 0.169. The van der Waals surface area contributed by atoms with Crippen LogP contribution in [0.25, 0.3) is 5.70 Å². The van der Waals surface area contributed by atoms with Crippen LogP contribution in [0.15, 0.2) is 70.2 Å². The lowest BCUT2D eigenvalue weighted by Gasteiger charge is -2.37. The van der Waals surface area contributed by atoms with Crippen molar-refractivity contribution in [2.45, 2.75) is 26.3 Å². The van der Waals surface area contributed by atoms with Gasteiger partial charge in [-0.2, -0.15) is 0 Å². The Morgan fingerprint density at radius 1 is 1.08 bits per heavy atom. The van der Waals surface area contributed by atoms with Crippen LogP contribution in [0.2, 0.25) is 0 Å². The fourth-order valence-corrected chi connectivity index (χ4v) is 5.21. The first-order valence-corrected chi connectivity index (χ1v) is 13.0. The smallest absolute Gasteiger partial charge is 0.338 e. The van der Waals surface area contributed by atoms with Crippen molar-refractivity contribution >= 4 is 34.5 Å². The molecule has 8 nitrogen and oxygen atoms in total. The molecule has 0 spiro atoms. The monoisotopic (exact) mass is 521 g/mol. The van der Waals surface area contributed by atoms with Gasteiger partial charge < -0.3 is 24.0 Å². The molecule has 194 valence electrons. The third kappa shape index (κ3) is 5.22. The molecule has 0 aromatic heterocycles. The molecule has 0 saturated heterocycles. The SMILES string of the molecule is CCOC(=O)C1=C(c2ccccc2)N=C2SC=C(CC(=O)N(C)CC)N2C1c1ccc(OC)cc1OC. The quantitative estimate of drug-likeness (QED) is 0.437. The van der Waals surface area contributed by atoms with E-state index in [1.54, 1.807) is 39.2 Å². The fourth-order valence-electron chi connectivity index (χ4n) is 4.29. The predicted octanol–water partition coefficient (Wildman–Crippen LogP) is 4.85. The van der Waals surface area contributed by atoms with E-state index >= 15 is 0 Å². The second-order valence-electron chi connectivity index (χ2n) is 8.44. The molecule has 0 fully saturated rings. The molecule has 1 unspecified atom stereocenters. The zero-order chi connectivity index (χ0) is 26.5. The number of hydrogen-bond donors (Lipinski definition) is 0. The Bertz CT molecular complexity index is 1270. The number of benzene rings is 2. The summed E-state index contributed by atoms with van der Waals surface area (Å²) in [5.74, 6) is 0.682. The molecule has 0 aliphatic carbocycles. The standard InChI is InChI=1S/C28H31N3O5S/c1-6-30(3)23(32)15-19-17-37-28-29-25(18-11-9-8-10-12-18)24(27(33)36-7-2)26(31(19)28)21-14-13-20(34-4)16-22(21)35-5/h8-14,16-17,26H,6-7,15H2,1-5H3. The number of amidine groups is 1. The van der Waals surface area contributed by atoms with Crippen LogP contribution in [-0.2, 0) is 14.3 Å². The highest BCUT2D eigenvalue weighted by atomic mass is 32.2. The van der Waals surface area contributed by atoms with Gasteiger partial charge in [0.1, 0.15) is 11.5 Å². The van der Waals surface area contributed by atoms with Crippen LogP contribution in [0.1, 0.15) is 37.4 Å². The van der Waals surface area contributed by atoms with Crippen molar-refractivity contribution in [1.82, 2.24) is 9.80 Å². The van der Waals surface area contributed by atoms with Crippen molar-refractivity contribution in [1.29, 1.82) is 0 Å². The fraction of sp³-hybridized carbons (Fsp3) is 0.321. The second kappa shape index (κ2) is 11.6. The maximum Gasteiger partial charge on any atom is 0.338 e. The van der Waals surface area contributed by atoms with E-state index < -0.39 is 12.0 Å². The summed E-state index contributed by atoms with van der Waals surface area (Å²) in [7, 11) is 4.94. The molecule has 2 aliphatic rings. The molecule has 1 atom stereocenters. The minimum absolute atomic E-state index is 0.0217. The molecule has 2 aliphatic heterocycles. The number of aliphatic imine (C=N–C) groups is 1. The summed E-state index contributed by atoms with van der Waals surface area (Å²) in [5.41, 5.74) is 3.20. The van der Waals surface area contributed by atoms with Gasteiger partial charge in [0.05, 0.1) is 44.6 Å². The van der Waals surface area contributed by atoms with E-state index in [0.717, 1.165) is 16.8 Å². The highest BCUT2D eigenvalue weighted by molar-refractivity contribution is 8.16. The zero-order valence-electron chi connectivity index (χ0n) is 21.7. The van der Waals surface area contributed by atoms with Crippen molar-refractivity contribution in [2.75, 3.05) is 34.4 Å². The predicted molar refractivity (Wildman–Crippen MR) is 145 cm³/mol. The number of fused-ring (bicyclic) bond motifs is 1. The number of carbonyl (C=O) groups excluding carboxylic acids is 2. The van der Waals surface area contributed by atoms with E-state index in [1.165, 1.54) is 11.8 Å². The first-order chi connectivity index (χ1) is 17.9. The molecule has 37 heavy (non-hydrogen) atoms. The van der Waals surface area contributed by atoms with Crippen LogP contribution >= 0.6 is 11.8 Å². The molecule has 0 bridgehead atoms. The number of methoxy groups -OCH3 is 2. The van der Waals surface area contributed by atoms with Gasteiger partial charge in [-0.3, -0.25) is 4.79 Å². The zero-order valence-corrected chi connectivity index (χ0v) is 22.5. The largest absolute Gasteiger partial charge is 0.497 e. The number of carbonyl (C=O) groups is 2. The Hall–Kier alpha value is -3.72. The van der Waals surface area contributed by atoms with Gasteiger partial charge in [-0.1, -0.05) is 42.1 Å². The summed E-state index contributed by atoms with van der Waals surface area (Å²) in [5, 5.41) is 2.61. The van der Waals surface area contributed by atoms with E-state index in [9.17, 15) is 9.59 Å². The topological polar surface area (TPSA) is 80.7 Å². The number of amides is 1. The molecule has 9 heteroatoms. The van der Waals surface area contributed by atoms with Crippen LogP contribution in [0, 0.1) is 0 Å². The molecule has 2 heterocycles. The number of nitrogens with zero attached hydrogens (tertiary/aromatic N) is 3. The van der Waals surface area contributed by atoms with Gasteiger partial charge >= 0.3 is 5.97 Å². The molecule has 1 amide bonds. The van der Waals surface area contributed by atoms with Crippen molar-refractivity contribution in [3.05, 3.63) is 76.3 Å². The Labute approximate surface area is 221 Å². The van der Waals surface area contributed by atoms with Gasteiger partial charge in [0.25, 0.3) is 0 Å². The summed E-state index contributed by atoms with van der Waals surface area (Å²) >= 11 is 1.43. The minimum Gasteiger partial charge on any atom is -0.497 e. The van der Waals surface area contributed by atoms with Crippen LogP contribution in [0.5, 0.6) is 11.5 Å². The third-order valence-electron chi connectivity index (χ3n) is 6.32. The van der Waals surface area contributed by atoms with E-state index in [1.807, 2.05) is 59.7 Å². The average Bonchev–Trinajstić information content (AvgIpc) is 3.33. The molecule has 0 saturated carbocycles. The van der Waals surface area contributed by atoms with Gasteiger partial charge in [-0.15, -0.1) is 0 Å². The van der Waals surface area contributed by atoms with Crippen molar-refractivity contribution in [2.24, 2.45) is 4.99 Å². The molecule has 2 aromatic carbocycles. The molecular formula is C28H31N3O5S. The average molecular weight is 522 g/mol. The van der Waals surface area contributed by atoms with Crippen molar-refractivity contribution in [3.8, 4) is 11.5 Å². The first kappa shape index (κ1) is 26.3. The second-order valence-corrected chi connectivity index (χ2v) is 9.27. The summed E-state index contributed by atoms with van der Waals surface area (Å²) in [6, 6.07) is 14.4. The molecule has 2 aromatic rings. The van der Waals surface area contributed by atoms with Gasteiger partial charge in [0, 0.05) is 36.5 Å². The number of ether oxygens (including phenoxy) is 3. The lowest BCUT2D eigenvalue weighted by atomic mass is 9.90. The van der Waals surface area contributed by atoms with E-state index in [4.69, 9.17) is 19.2 Å². The van der Waals surface area contributed by atoms with Crippen molar-refractivity contribution in [3.63, 3.8) is 0 Å². The van der Waals surface area contributed by atoms with Gasteiger partial charge in [-0.25, -0.2) is 9.79 Å². The Morgan fingerprint density at radius 2 is 1.84 bits per heavy atom. The third-order valence-corrected chi connectivity index (χ3v) is 7.21. The van der Waals surface area contributed by atoms with E-state index in [2.05, 4.69) is 0 Å². The molecular weight excluding hydrogens is 490 g/mol. The maximum absolute atomic E-state index is 13.6. The molecule has 4 rings (SSSR count). The Balaban J connectivity index is 1.94. The number of esters is 1.